The van der Waals surface area contributed by atoms with Gasteiger partial charge in [0.2, 0.25) is 0 Å². The molecule has 2 unspecified atom stereocenters. The van der Waals surface area contributed by atoms with E-state index in [2.05, 4.69) is 0 Å². The highest BCUT2D eigenvalue weighted by Crippen LogP contribution is 2.08. The van der Waals surface area contributed by atoms with E-state index in [-0.39, 0.29) is 37.0 Å². The van der Waals surface area contributed by atoms with Gasteiger partial charge in [0.25, 0.3) is 0 Å². The van der Waals surface area contributed by atoms with Crippen LogP contribution >= 0.6 is 0 Å². The molecule has 0 radical (unpaired) electrons. The summed E-state index contributed by atoms with van der Waals surface area (Å²) in [5.41, 5.74) is 0. The van der Waals surface area contributed by atoms with E-state index in [0.29, 0.717) is 38.5 Å². The Bertz CT molecular complexity index is 383. The van der Waals surface area contributed by atoms with Crippen molar-refractivity contribution in [2.75, 3.05) is 0 Å². The van der Waals surface area contributed by atoms with Gasteiger partial charge in [0.1, 0.15) is 0 Å². The lowest BCUT2D eigenvalue weighted by atomic mass is 10.2. The Kier molecular flexibility index (Phi) is 11.4. The van der Waals surface area contributed by atoms with Gasteiger partial charge < -0.3 is 9.47 Å². The Morgan fingerprint density at radius 1 is 0.864 bits per heavy atom. The number of hydrogen-bond acceptors (Lipinski definition) is 6. The molecule has 0 amide bonds. The van der Waals surface area contributed by atoms with Gasteiger partial charge in [-0.25, -0.2) is 0 Å². The highest BCUT2D eigenvalue weighted by atomic mass is 16.5. The summed E-state index contributed by atoms with van der Waals surface area (Å²) >= 11 is 0. The largest absolute Gasteiger partial charge is 0.463 e. The SMILES string of the molecule is CC(CCC#N)OC(=O)CCCCC(=O)OC(C)CCC#N. The number of nitriles is 2. The Morgan fingerprint density at radius 2 is 1.23 bits per heavy atom. The Labute approximate surface area is 132 Å². The molecule has 0 N–H and O–H groups in total. The molecule has 6 heteroatoms. The number of unbranched alkanes of at least 4 members (excludes halogenated alkanes) is 1. The third-order valence-electron chi connectivity index (χ3n) is 3.00. The topological polar surface area (TPSA) is 100 Å². The van der Waals surface area contributed by atoms with Gasteiger partial charge in [-0.2, -0.15) is 10.5 Å². The average molecular weight is 308 g/mol. The zero-order valence-corrected chi connectivity index (χ0v) is 13.3. The second kappa shape index (κ2) is 12.6. The van der Waals surface area contributed by atoms with Gasteiger partial charge in [-0.3, -0.25) is 9.59 Å². The van der Waals surface area contributed by atoms with Crippen LogP contribution in [0.25, 0.3) is 0 Å². The molecule has 0 rings (SSSR count). The molecule has 0 fully saturated rings. The van der Waals surface area contributed by atoms with Crippen molar-refractivity contribution in [2.24, 2.45) is 0 Å². The Balaban J connectivity index is 3.67. The van der Waals surface area contributed by atoms with Gasteiger partial charge in [0.15, 0.2) is 0 Å². The van der Waals surface area contributed by atoms with Crippen molar-refractivity contribution in [2.45, 2.75) is 77.4 Å². The monoisotopic (exact) mass is 308 g/mol. The van der Waals surface area contributed by atoms with Crippen LogP contribution in [0.1, 0.15) is 65.2 Å². The fourth-order valence-electron chi connectivity index (χ4n) is 1.76. The number of esters is 2. The van der Waals surface area contributed by atoms with E-state index in [4.69, 9.17) is 20.0 Å². The minimum absolute atomic E-state index is 0.252. The predicted octanol–water partition coefficient (Wildman–Crippen LogP) is 3.02. The molecule has 0 aliphatic rings. The Morgan fingerprint density at radius 3 is 1.55 bits per heavy atom. The van der Waals surface area contributed by atoms with Crippen molar-refractivity contribution in [3.63, 3.8) is 0 Å². The van der Waals surface area contributed by atoms with Crippen molar-refractivity contribution in [1.29, 1.82) is 10.5 Å². The summed E-state index contributed by atoms with van der Waals surface area (Å²) in [6, 6.07) is 4.01. The second-order valence-electron chi connectivity index (χ2n) is 5.20. The molecule has 0 aromatic rings. The highest BCUT2D eigenvalue weighted by Gasteiger charge is 2.11. The quantitative estimate of drug-likeness (QED) is 0.429. The molecule has 0 aliphatic carbocycles. The molecule has 0 bridgehead atoms. The number of ether oxygens (including phenoxy) is 2. The molecule has 0 spiro atoms. The van der Waals surface area contributed by atoms with Gasteiger partial charge in [0, 0.05) is 25.7 Å². The minimum Gasteiger partial charge on any atom is -0.463 e. The normalized spacial score (nSPS) is 12.5. The van der Waals surface area contributed by atoms with Crippen LogP contribution in [0.3, 0.4) is 0 Å². The van der Waals surface area contributed by atoms with Crippen molar-refractivity contribution in [1.82, 2.24) is 0 Å². The summed E-state index contributed by atoms with van der Waals surface area (Å²) in [6.07, 6.45) is 2.94. The van der Waals surface area contributed by atoms with Gasteiger partial charge in [-0.1, -0.05) is 0 Å². The molecular formula is C16H24N2O4. The standard InChI is InChI=1S/C16H24N2O4/c1-13(7-5-11-17)21-15(19)9-3-4-10-16(20)22-14(2)8-6-12-18/h13-14H,3-10H2,1-2H3. The molecule has 0 heterocycles. The lowest BCUT2D eigenvalue weighted by molar-refractivity contribution is -0.150. The fraction of sp³-hybridized carbons (Fsp3) is 0.750. The van der Waals surface area contributed by atoms with Crippen molar-refractivity contribution >= 4 is 11.9 Å². The van der Waals surface area contributed by atoms with E-state index in [1.807, 2.05) is 12.1 Å². The van der Waals surface area contributed by atoms with Crippen molar-refractivity contribution < 1.29 is 19.1 Å². The van der Waals surface area contributed by atoms with Crippen LogP contribution in [0.15, 0.2) is 0 Å². The minimum atomic E-state index is -0.304. The number of carbonyl (C=O) groups excluding carboxylic acids is 2. The van der Waals surface area contributed by atoms with E-state index < -0.39 is 0 Å². The lowest BCUT2D eigenvalue weighted by Gasteiger charge is -2.12. The third kappa shape index (κ3) is 11.7. The summed E-state index contributed by atoms with van der Waals surface area (Å²) in [5, 5.41) is 16.9. The molecule has 0 aliphatic heterocycles. The van der Waals surface area contributed by atoms with Gasteiger partial charge in [-0.15, -0.1) is 0 Å². The van der Waals surface area contributed by atoms with Gasteiger partial charge in [0.05, 0.1) is 24.3 Å². The first-order chi connectivity index (χ1) is 10.5. The smallest absolute Gasteiger partial charge is 0.306 e. The van der Waals surface area contributed by atoms with E-state index in [9.17, 15) is 9.59 Å². The molecule has 0 saturated heterocycles. The summed E-state index contributed by atoms with van der Waals surface area (Å²) in [7, 11) is 0. The number of rotatable bonds is 11. The number of nitrogens with zero attached hydrogens (tertiary/aromatic N) is 2. The summed E-state index contributed by atoms with van der Waals surface area (Å²) in [4.78, 5) is 23.0. The molecule has 122 valence electrons. The maximum atomic E-state index is 11.5. The lowest BCUT2D eigenvalue weighted by Crippen LogP contribution is -2.15. The zero-order valence-electron chi connectivity index (χ0n) is 13.3. The van der Waals surface area contributed by atoms with Crippen LogP contribution < -0.4 is 0 Å². The zero-order chi connectivity index (χ0) is 16.8. The van der Waals surface area contributed by atoms with Gasteiger partial charge >= 0.3 is 11.9 Å². The number of carbonyl (C=O) groups is 2. The third-order valence-corrected chi connectivity index (χ3v) is 3.00. The molecule has 2 atom stereocenters. The molecule has 0 aromatic carbocycles. The first kappa shape index (κ1) is 19.9. The van der Waals surface area contributed by atoms with Crippen molar-refractivity contribution in [3.05, 3.63) is 0 Å². The average Bonchev–Trinajstić information content (AvgIpc) is 2.47. The van der Waals surface area contributed by atoms with E-state index in [1.165, 1.54) is 0 Å². The maximum absolute atomic E-state index is 11.5. The van der Waals surface area contributed by atoms with Crippen molar-refractivity contribution in [3.8, 4) is 12.1 Å². The Hall–Kier alpha value is -2.08. The first-order valence-electron chi connectivity index (χ1n) is 7.62. The molecule has 0 aromatic heterocycles. The summed E-state index contributed by atoms with van der Waals surface area (Å²) in [6.45, 7) is 3.52. The van der Waals surface area contributed by atoms with Gasteiger partial charge in [-0.05, 0) is 39.5 Å². The van der Waals surface area contributed by atoms with Crippen LogP contribution in [0.2, 0.25) is 0 Å². The summed E-state index contributed by atoms with van der Waals surface area (Å²) in [5.74, 6) is -0.609. The molecule has 6 nitrogen and oxygen atoms in total. The first-order valence-corrected chi connectivity index (χ1v) is 7.62. The summed E-state index contributed by atoms with van der Waals surface area (Å²) < 4.78 is 10.3. The van der Waals surface area contributed by atoms with Crippen LogP contribution in [-0.4, -0.2) is 24.1 Å². The van der Waals surface area contributed by atoms with Crippen LogP contribution in [-0.2, 0) is 19.1 Å². The predicted molar refractivity (Wildman–Crippen MR) is 79.3 cm³/mol. The number of hydrogen-bond donors (Lipinski definition) is 0. The molecular weight excluding hydrogens is 284 g/mol. The van der Waals surface area contributed by atoms with Crippen LogP contribution in [0, 0.1) is 22.7 Å². The van der Waals surface area contributed by atoms with E-state index in [0.717, 1.165) is 0 Å². The molecule has 0 saturated carbocycles. The second-order valence-corrected chi connectivity index (χ2v) is 5.20. The van der Waals surface area contributed by atoms with Crippen LogP contribution in [0.5, 0.6) is 0 Å². The maximum Gasteiger partial charge on any atom is 0.306 e. The van der Waals surface area contributed by atoms with Crippen LogP contribution in [0.4, 0.5) is 0 Å². The van der Waals surface area contributed by atoms with E-state index >= 15 is 0 Å². The fourth-order valence-corrected chi connectivity index (χ4v) is 1.76. The molecule has 22 heavy (non-hydrogen) atoms. The van der Waals surface area contributed by atoms with E-state index in [1.54, 1.807) is 13.8 Å². The highest BCUT2D eigenvalue weighted by molar-refractivity contribution is 5.70.